The second kappa shape index (κ2) is 9.04. The number of hydrogen-bond acceptors (Lipinski definition) is 5. The molecule has 2 aliphatic heterocycles. The zero-order chi connectivity index (χ0) is 18.5. The number of rotatable bonds is 4. The van der Waals surface area contributed by atoms with Crippen molar-refractivity contribution < 1.29 is 0 Å². The van der Waals surface area contributed by atoms with Gasteiger partial charge in [0.05, 0.1) is 0 Å². The minimum absolute atomic E-state index is 0.497. The fourth-order valence-electron chi connectivity index (χ4n) is 4.44. The molecule has 27 heavy (non-hydrogen) atoms. The summed E-state index contributed by atoms with van der Waals surface area (Å²) < 4.78 is 0. The zero-order valence-electron chi connectivity index (χ0n) is 16.3. The summed E-state index contributed by atoms with van der Waals surface area (Å²) in [4.78, 5) is 14.4. The molecule has 7 heteroatoms. The maximum atomic E-state index is 5.54. The van der Waals surface area contributed by atoms with Crippen molar-refractivity contribution in [3.05, 3.63) is 6.07 Å². The minimum atomic E-state index is 0.497. The largest absolute Gasteiger partial charge is 0.360 e. The van der Waals surface area contributed by atoms with E-state index in [1.807, 2.05) is 0 Å². The summed E-state index contributed by atoms with van der Waals surface area (Å²) in [5.74, 6) is 2.71. The Balaban J connectivity index is 1.52. The van der Waals surface area contributed by atoms with E-state index in [0.717, 1.165) is 37.8 Å². The lowest BCUT2D eigenvalue weighted by Gasteiger charge is -2.25. The number of nitrogens with one attached hydrogen (secondary N) is 2. The molecule has 3 aliphatic rings. The van der Waals surface area contributed by atoms with Crippen LogP contribution in [0.1, 0.15) is 64.2 Å². The van der Waals surface area contributed by atoms with Crippen molar-refractivity contribution in [2.24, 2.45) is 0 Å². The molecular formula is C20H32N6S. The molecule has 6 nitrogen and oxygen atoms in total. The van der Waals surface area contributed by atoms with E-state index in [0.29, 0.717) is 17.1 Å². The van der Waals surface area contributed by atoms with Gasteiger partial charge >= 0.3 is 0 Å². The van der Waals surface area contributed by atoms with Crippen molar-refractivity contribution in [2.75, 3.05) is 41.3 Å². The molecule has 3 heterocycles. The first-order chi connectivity index (χ1) is 13.3. The molecule has 2 N–H and O–H groups in total. The average Bonchev–Trinajstić information content (AvgIpc) is 3.31. The van der Waals surface area contributed by atoms with Gasteiger partial charge in [0, 0.05) is 38.3 Å². The highest BCUT2D eigenvalue weighted by Gasteiger charge is 2.20. The number of thiocarbonyl (C=S) groups is 1. The topological polar surface area (TPSA) is 56.3 Å². The molecule has 0 bridgehead atoms. The van der Waals surface area contributed by atoms with E-state index in [-0.39, 0.29) is 0 Å². The smallest absolute Gasteiger partial charge is 0.232 e. The highest BCUT2D eigenvalue weighted by atomic mass is 32.1. The number of anilines is 3. The lowest BCUT2D eigenvalue weighted by molar-refractivity contribution is 0.634. The molecule has 1 saturated carbocycles. The Hall–Kier alpha value is -1.63. The lowest BCUT2D eigenvalue weighted by atomic mass is 10.2. The van der Waals surface area contributed by atoms with Crippen molar-refractivity contribution in [3.8, 4) is 0 Å². The summed E-state index contributed by atoms with van der Waals surface area (Å²) >= 11 is 5.54. The van der Waals surface area contributed by atoms with Gasteiger partial charge in [-0.3, -0.25) is 0 Å². The highest BCUT2D eigenvalue weighted by molar-refractivity contribution is 7.80. The molecule has 1 aromatic rings. The summed E-state index contributed by atoms with van der Waals surface area (Å²) in [6, 6.07) is 2.67. The molecule has 0 unspecified atom stereocenters. The second-order valence-electron chi connectivity index (χ2n) is 8.08. The van der Waals surface area contributed by atoms with Crippen LogP contribution in [0.25, 0.3) is 0 Å². The van der Waals surface area contributed by atoms with Gasteiger partial charge in [0.2, 0.25) is 5.95 Å². The van der Waals surface area contributed by atoms with Gasteiger partial charge < -0.3 is 20.4 Å². The van der Waals surface area contributed by atoms with E-state index in [4.69, 9.17) is 22.2 Å². The SMILES string of the molecule is S=C(Nc1nc(N2CCCCCC2)cc(N2CCCC2)n1)NC1CCCC1. The summed E-state index contributed by atoms with van der Waals surface area (Å²) in [6.45, 7) is 4.34. The van der Waals surface area contributed by atoms with E-state index >= 15 is 0 Å². The van der Waals surface area contributed by atoms with Gasteiger partial charge in [-0.2, -0.15) is 9.97 Å². The molecule has 1 aromatic heterocycles. The van der Waals surface area contributed by atoms with Crippen molar-refractivity contribution in [1.29, 1.82) is 0 Å². The van der Waals surface area contributed by atoms with Crippen LogP contribution in [0.3, 0.4) is 0 Å². The molecule has 3 fully saturated rings. The minimum Gasteiger partial charge on any atom is -0.360 e. The Morgan fingerprint density at radius 1 is 0.815 bits per heavy atom. The predicted molar refractivity (Wildman–Crippen MR) is 116 cm³/mol. The Kier molecular flexibility index (Phi) is 6.27. The van der Waals surface area contributed by atoms with Crippen molar-refractivity contribution in [3.63, 3.8) is 0 Å². The number of hydrogen-bond donors (Lipinski definition) is 2. The van der Waals surface area contributed by atoms with Crippen molar-refractivity contribution >= 4 is 34.9 Å². The van der Waals surface area contributed by atoms with Gasteiger partial charge in [-0.15, -0.1) is 0 Å². The van der Waals surface area contributed by atoms with Gasteiger partial charge in [0.25, 0.3) is 0 Å². The van der Waals surface area contributed by atoms with E-state index in [1.54, 1.807) is 0 Å². The first kappa shape index (κ1) is 18.7. The van der Waals surface area contributed by atoms with Gasteiger partial charge in [-0.1, -0.05) is 25.7 Å². The summed E-state index contributed by atoms with van der Waals surface area (Å²) in [7, 11) is 0. The van der Waals surface area contributed by atoms with Crippen LogP contribution in [0, 0.1) is 0 Å². The van der Waals surface area contributed by atoms with Gasteiger partial charge in [0.1, 0.15) is 11.6 Å². The van der Waals surface area contributed by atoms with Crippen LogP contribution in [0.15, 0.2) is 6.07 Å². The van der Waals surface area contributed by atoms with Crippen LogP contribution in [-0.4, -0.2) is 47.3 Å². The van der Waals surface area contributed by atoms with Crippen LogP contribution in [0.2, 0.25) is 0 Å². The molecule has 0 amide bonds. The summed E-state index contributed by atoms with van der Waals surface area (Å²) in [6.07, 6.45) is 12.6. The predicted octanol–water partition coefficient (Wildman–Crippen LogP) is 3.69. The Morgan fingerprint density at radius 2 is 1.33 bits per heavy atom. The molecule has 2 saturated heterocycles. The van der Waals surface area contributed by atoms with Crippen LogP contribution in [0.5, 0.6) is 0 Å². The zero-order valence-corrected chi connectivity index (χ0v) is 17.1. The third-order valence-electron chi connectivity index (χ3n) is 5.97. The first-order valence-electron chi connectivity index (χ1n) is 10.7. The first-order valence-corrected chi connectivity index (χ1v) is 11.2. The number of aromatic nitrogens is 2. The fraction of sp³-hybridized carbons (Fsp3) is 0.750. The fourth-order valence-corrected chi connectivity index (χ4v) is 4.70. The number of nitrogens with zero attached hydrogens (tertiary/aromatic N) is 4. The normalized spacial score (nSPS) is 21.3. The quantitative estimate of drug-likeness (QED) is 0.763. The lowest BCUT2D eigenvalue weighted by Crippen LogP contribution is -2.36. The molecule has 0 spiro atoms. The monoisotopic (exact) mass is 388 g/mol. The molecule has 0 atom stereocenters. The highest BCUT2D eigenvalue weighted by Crippen LogP contribution is 2.26. The maximum absolute atomic E-state index is 5.54. The summed E-state index contributed by atoms with van der Waals surface area (Å²) in [5, 5.41) is 7.37. The third kappa shape index (κ3) is 5.00. The van der Waals surface area contributed by atoms with Crippen molar-refractivity contribution in [2.45, 2.75) is 70.3 Å². The molecule has 4 rings (SSSR count). The molecule has 1 aliphatic carbocycles. The van der Waals surface area contributed by atoms with Gasteiger partial charge in [-0.25, -0.2) is 0 Å². The third-order valence-corrected chi connectivity index (χ3v) is 6.19. The van der Waals surface area contributed by atoms with Crippen LogP contribution < -0.4 is 20.4 Å². The summed E-state index contributed by atoms with van der Waals surface area (Å²) in [5.41, 5.74) is 0. The Morgan fingerprint density at radius 3 is 1.89 bits per heavy atom. The Bertz CT molecular complexity index is 631. The van der Waals surface area contributed by atoms with Crippen LogP contribution in [-0.2, 0) is 0 Å². The average molecular weight is 389 g/mol. The maximum Gasteiger partial charge on any atom is 0.232 e. The second-order valence-corrected chi connectivity index (χ2v) is 8.49. The van der Waals surface area contributed by atoms with Crippen LogP contribution in [0.4, 0.5) is 17.6 Å². The van der Waals surface area contributed by atoms with E-state index in [2.05, 4.69) is 26.5 Å². The molecule has 0 aromatic carbocycles. The van der Waals surface area contributed by atoms with E-state index < -0.39 is 0 Å². The van der Waals surface area contributed by atoms with E-state index in [1.165, 1.54) is 64.2 Å². The van der Waals surface area contributed by atoms with Gasteiger partial charge in [-0.05, 0) is 50.7 Å². The van der Waals surface area contributed by atoms with Crippen molar-refractivity contribution in [1.82, 2.24) is 15.3 Å². The molecule has 148 valence electrons. The molecule has 0 radical (unpaired) electrons. The Labute approximate surface area is 168 Å². The molecular weight excluding hydrogens is 356 g/mol. The van der Waals surface area contributed by atoms with Crippen LogP contribution >= 0.6 is 12.2 Å². The standard InChI is InChI=1S/C20H32N6S/c27-20(21-16-9-3-4-10-16)24-19-22-17(25-11-5-1-2-6-12-25)15-18(23-19)26-13-7-8-14-26/h15-16H,1-14H2,(H2,21,22,23,24,27). The van der Waals surface area contributed by atoms with Gasteiger partial charge in [0.15, 0.2) is 5.11 Å². The van der Waals surface area contributed by atoms with E-state index in [9.17, 15) is 0 Å².